The Bertz CT molecular complexity index is 1420. The molecule has 0 saturated carbocycles. The molecule has 0 bridgehead atoms. The molecule has 0 aliphatic carbocycles. The molecule has 0 unspecified atom stereocenters. The van der Waals surface area contributed by atoms with Gasteiger partial charge in [0, 0.05) is 19.2 Å². The van der Waals surface area contributed by atoms with E-state index in [0.29, 0.717) is 17.0 Å². The summed E-state index contributed by atoms with van der Waals surface area (Å²) in [5, 5.41) is 6.89. The highest BCUT2D eigenvalue weighted by molar-refractivity contribution is 5.64. The normalized spacial score (nSPS) is 13.6. The van der Waals surface area contributed by atoms with Gasteiger partial charge in [0.15, 0.2) is 0 Å². The van der Waals surface area contributed by atoms with E-state index in [1.165, 1.54) is 0 Å². The van der Waals surface area contributed by atoms with Gasteiger partial charge in [0.25, 0.3) is 0 Å². The van der Waals surface area contributed by atoms with Crippen molar-refractivity contribution in [3.05, 3.63) is 60.4 Å². The maximum Gasteiger partial charge on any atom is 0.460 e. The lowest BCUT2D eigenvalue weighted by Crippen LogP contribution is -2.70. The van der Waals surface area contributed by atoms with E-state index in [9.17, 15) is 57.1 Å². The van der Waals surface area contributed by atoms with Gasteiger partial charge in [-0.1, -0.05) is 42.8 Å². The van der Waals surface area contributed by atoms with Crippen LogP contribution in [0.3, 0.4) is 0 Å². The van der Waals surface area contributed by atoms with Crippen molar-refractivity contribution in [2.45, 2.75) is 81.4 Å². The molecule has 0 amide bonds. The number of ether oxygens (including phenoxy) is 2. The van der Waals surface area contributed by atoms with Crippen LogP contribution in [0.4, 0.5) is 57.1 Å². The highest BCUT2D eigenvalue weighted by Crippen LogP contribution is 2.60. The Morgan fingerprint density at radius 2 is 1.09 bits per heavy atom. The summed E-state index contributed by atoms with van der Waals surface area (Å²) in [5.41, 5.74) is 1.95. The molecular formula is C29H28F13N3O2. The second-order valence-electron chi connectivity index (χ2n) is 10.4. The van der Waals surface area contributed by atoms with E-state index in [0.717, 1.165) is 35.9 Å². The fourth-order valence-corrected chi connectivity index (χ4v) is 4.04. The van der Waals surface area contributed by atoms with Crippen LogP contribution in [-0.4, -0.2) is 64.0 Å². The van der Waals surface area contributed by atoms with E-state index in [-0.39, 0.29) is 25.1 Å². The summed E-state index contributed by atoms with van der Waals surface area (Å²) in [6, 6.07) is 14.6. The number of hydrogen-bond acceptors (Lipinski definition) is 4. The summed E-state index contributed by atoms with van der Waals surface area (Å²) in [6.45, 7) is 1.46. The Morgan fingerprint density at radius 3 is 1.55 bits per heavy atom. The molecule has 2 aromatic carbocycles. The second-order valence-corrected chi connectivity index (χ2v) is 10.4. The lowest BCUT2D eigenvalue weighted by atomic mass is 9.92. The maximum atomic E-state index is 14.0. The van der Waals surface area contributed by atoms with Crippen molar-refractivity contribution in [1.29, 1.82) is 0 Å². The van der Waals surface area contributed by atoms with Crippen LogP contribution in [0.1, 0.15) is 38.3 Å². The molecule has 262 valence electrons. The molecule has 3 aromatic rings. The molecule has 47 heavy (non-hydrogen) atoms. The first-order valence-electron chi connectivity index (χ1n) is 14.0. The van der Waals surface area contributed by atoms with Crippen LogP contribution in [0.5, 0.6) is 11.5 Å². The van der Waals surface area contributed by atoms with Gasteiger partial charge in [-0.2, -0.15) is 57.1 Å². The van der Waals surface area contributed by atoms with Crippen LogP contribution in [0.2, 0.25) is 0 Å². The van der Waals surface area contributed by atoms with E-state index in [1.54, 1.807) is 12.1 Å². The highest BCUT2D eigenvalue weighted by atomic mass is 19.4. The first-order valence-corrected chi connectivity index (χ1v) is 14.0. The molecule has 5 nitrogen and oxygen atoms in total. The third-order valence-corrected chi connectivity index (χ3v) is 6.89. The smallest absolute Gasteiger partial charge is 0.460 e. The maximum absolute atomic E-state index is 14.0. The molecule has 0 radical (unpaired) electrons. The number of unbranched alkanes of at least 4 members (excludes halogenated alkanes) is 1. The van der Waals surface area contributed by atoms with Gasteiger partial charge in [0.1, 0.15) is 11.5 Å². The van der Waals surface area contributed by atoms with Crippen molar-refractivity contribution in [1.82, 2.24) is 15.0 Å². The lowest BCUT2D eigenvalue weighted by molar-refractivity contribution is -0.440. The molecule has 0 atom stereocenters. The quantitative estimate of drug-likeness (QED) is 0.104. The van der Waals surface area contributed by atoms with Gasteiger partial charge in [-0.05, 0) is 54.7 Å². The zero-order chi connectivity index (χ0) is 35.3. The molecule has 0 fully saturated rings. The van der Waals surface area contributed by atoms with E-state index >= 15 is 0 Å². The topological polar surface area (TPSA) is 49.2 Å². The van der Waals surface area contributed by atoms with Crippen LogP contribution in [-0.2, 0) is 13.0 Å². The van der Waals surface area contributed by atoms with Crippen LogP contribution < -0.4 is 9.47 Å². The van der Waals surface area contributed by atoms with Gasteiger partial charge in [-0.25, -0.2) is 0 Å². The van der Waals surface area contributed by atoms with Gasteiger partial charge in [-0.3, -0.25) is 4.68 Å². The molecule has 0 N–H and O–H groups in total. The summed E-state index contributed by atoms with van der Waals surface area (Å²) in [5.74, 6) is -35.7. The molecule has 0 aliphatic rings. The number of aromatic nitrogens is 3. The van der Waals surface area contributed by atoms with Crippen LogP contribution in [0, 0.1) is 0 Å². The van der Waals surface area contributed by atoms with Crippen molar-refractivity contribution in [2.24, 2.45) is 0 Å². The van der Waals surface area contributed by atoms with Gasteiger partial charge in [-0.15, -0.1) is 5.10 Å². The first kappa shape index (κ1) is 37.7. The monoisotopic (exact) mass is 697 g/mol. The number of aryl methyl sites for hydroxylation is 2. The third kappa shape index (κ3) is 8.05. The molecule has 0 spiro atoms. The van der Waals surface area contributed by atoms with Crippen molar-refractivity contribution in [2.75, 3.05) is 13.2 Å². The summed E-state index contributed by atoms with van der Waals surface area (Å²) in [7, 11) is 0. The first-order chi connectivity index (χ1) is 21.7. The minimum Gasteiger partial charge on any atom is -0.494 e. The van der Waals surface area contributed by atoms with Crippen molar-refractivity contribution < 1.29 is 66.5 Å². The van der Waals surface area contributed by atoms with E-state index in [2.05, 4.69) is 17.2 Å². The van der Waals surface area contributed by atoms with Crippen molar-refractivity contribution in [3.63, 3.8) is 0 Å². The fraction of sp³-hybridized carbons (Fsp3) is 0.517. The SMILES string of the molecule is CCCCOc1ccc(-c2ccc(OCCCc3cn(CCC(F)(F)C(F)(F)C(F)(F)C(F)(F)C(F)(F)C(F)(F)F)nn3)cc2)cc1. The molecule has 18 heteroatoms. The van der Waals surface area contributed by atoms with Crippen molar-refractivity contribution in [3.8, 4) is 22.6 Å². The number of rotatable bonds is 17. The highest BCUT2D eigenvalue weighted by Gasteiger charge is 2.90. The number of hydrogen-bond donors (Lipinski definition) is 0. The molecular weight excluding hydrogens is 669 g/mol. The Labute approximate surface area is 259 Å². The summed E-state index contributed by atoms with van der Waals surface area (Å²) in [4.78, 5) is 0. The number of benzene rings is 2. The number of nitrogens with zero attached hydrogens (tertiary/aromatic N) is 3. The molecule has 0 saturated heterocycles. The van der Waals surface area contributed by atoms with Gasteiger partial charge < -0.3 is 9.47 Å². The predicted octanol–water partition coefficient (Wildman–Crippen LogP) is 9.26. The zero-order valence-corrected chi connectivity index (χ0v) is 24.4. The Hall–Kier alpha value is -3.73. The largest absolute Gasteiger partial charge is 0.494 e. The third-order valence-electron chi connectivity index (χ3n) is 6.89. The molecule has 1 aromatic heterocycles. The minimum atomic E-state index is -7.93. The second kappa shape index (κ2) is 14.2. The van der Waals surface area contributed by atoms with Crippen LogP contribution >= 0.6 is 0 Å². The summed E-state index contributed by atoms with van der Waals surface area (Å²) < 4.78 is 184. The Balaban J connectivity index is 1.50. The summed E-state index contributed by atoms with van der Waals surface area (Å²) in [6.07, 6.45) is -6.54. The Kier molecular flexibility index (Phi) is 11.4. The summed E-state index contributed by atoms with van der Waals surface area (Å²) >= 11 is 0. The van der Waals surface area contributed by atoms with Crippen LogP contribution in [0.25, 0.3) is 11.1 Å². The van der Waals surface area contributed by atoms with Crippen molar-refractivity contribution >= 4 is 0 Å². The Morgan fingerprint density at radius 1 is 0.617 bits per heavy atom. The minimum absolute atomic E-state index is 0.0998. The van der Waals surface area contributed by atoms with E-state index < -0.39 is 48.8 Å². The molecule has 1 heterocycles. The van der Waals surface area contributed by atoms with E-state index in [1.807, 2.05) is 36.4 Å². The number of halogens is 13. The number of alkyl halides is 13. The lowest BCUT2D eigenvalue weighted by Gasteiger charge is -2.39. The predicted molar refractivity (Wildman–Crippen MR) is 142 cm³/mol. The van der Waals surface area contributed by atoms with Gasteiger partial charge in [0.05, 0.1) is 18.9 Å². The average molecular weight is 698 g/mol. The van der Waals surface area contributed by atoms with E-state index in [4.69, 9.17) is 9.47 Å². The molecule has 3 rings (SSSR count). The van der Waals surface area contributed by atoms with Gasteiger partial charge in [0.2, 0.25) is 0 Å². The van der Waals surface area contributed by atoms with Crippen LogP contribution in [0.15, 0.2) is 54.7 Å². The zero-order valence-electron chi connectivity index (χ0n) is 24.4. The molecule has 0 aliphatic heterocycles. The fourth-order valence-electron chi connectivity index (χ4n) is 4.04. The standard InChI is InChI=1S/C29H28F13N3O2/c1-2-3-16-46-22-10-6-19(7-11-22)20-8-12-23(13-9-20)47-17-4-5-21-18-45(44-43-21)15-14-24(30,31)25(32,33)26(34,35)27(36,37)28(38,39)29(40,41)42/h6-13,18H,2-5,14-17H2,1H3. The van der Waals surface area contributed by atoms with Gasteiger partial charge >= 0.3 is 35.8 Å². The average Bonchev–Trinajstić information content (AvgIpc) is 3.46.